The molecule has 0 spiro atoms. The van der Waals surface area contributed by atoms with E-state index in [-0.39, 0.29) is 11.8 Å². The van der Waals surface area contributed by atoms with Crippen LogP contribution in [-0.2, 0) is 24.4 Å². The summed E-state index contributed by atoms with van der Waals surface area (Å²) in [6.45, 7) is 8.96. The number of likely N-dealkylation sites (tertiary alicyclic amines) is 2. The Morgan fingerprint density at radius 1 is 0.969 bits per heavy atom. The standard InChI is InChI=1S/C27H36ClN3O/c1-21-11-14-30(15-12-21)18-23-7-4-6-22(16-23)17-29-27(32)25-9-5-13-31(20-25)19-24-8-2-3-10-26(24)28/h2-4,6-8,10,16,21,25H,5,9,11-15,17-20H2,1H3,(H,29,32). The van der Waals surface area contributed by atoms with Crippen LogP contribution >= 0.6 is 11.6 Å². The average molecular weight is 454 g/mol. The summed E-state index contributed by atoms with van der Waals surface area (Å²) in [6.07, 6.45) is 4.60. The van der Waals surface area contributed by atoms with Gasteiger partial charge in [-0.2, -0.15) is 0 Å². The van der Waals surface area contributed by atoms with Crippen molar-refractivity contribution in [2.45, 2.75) is 52.2 Å². The van der Waals surface area contributed by atoms with Crippen molar-refractivity contribution in [3.63, 3.8) is 0 Å². The molecule has 1 atom stereocenters. The van der Waals surface area contributed by atoms with Gasteiger partial charge in [0.05, 0.1) is 5.92 Å². The van der Waals surface area contributed by atoms with Crippen LogP contribution in [-0.4, -0.2) is 41.9 Å². The Kier molecular flexibility index (Phi) is 8.23. The van der Waals surface area contributed by atoms with Gasteiger partial charge in [-0.05, 0) is 74.0 Å². The maximum Gasteiger partial charge on any atom is 0.224 e. The molecule has 2 aliphatic heterocycles. The van der Waals surface area contributed by atoms with E-state index in [0.717, 1.165) is 55.5 Å². The predicted molar refractivity (Wildman–Crippen MR) is 131 cm³/mol. The first-order valence-corrected chi connectivity index (χ1v) is 12.5. The largest absolute Gasteiger partial charge is 0.352 e. The minimum atomic E-state index is 0.0461. The number of carbonyl (C=O) groups excluding carboxylic acids is 1. The molecule has 5 heteroatoms. The summed E-state index contributed by atoms with van der Waals surface area (Å²) in [5.41, 5.74) is 3.66. The second-order valence-electron chi connectivity index (χ2n) is 9.66. The number of carbonyl (C=O) groups is 1. The molecule has 1 unspecified atom stereocenters. The SMILES string of the molecule is CC1CCN(Cc2cccc(CNC(=O)C3CCCN(Cc4ccccc4Cl)C3)c2)CC1. The molecule has 32 heavy (non-hydrogen) atoms. The van der Waals surface area contributed by atoms with Crippen LogP contribution in [0.25, 0.3) is 0 Å². The maximum absolute atomic E-state index is 12.9. The molecule has 0 aliphatic carbocycles. The third kappa shape index (κ3) is 6.57. The Morgan fingerprint density at radius 3 is 2.56 bits per heavy atom. The lowest BCUT2D eigenvalue weighted by molar-refractivity contribution is -0.126. The number of nitrogens with zero attached hydrogens (tertiary/aromatic N) is 2. The zero-order chi connectivity index (χ0) is 22.3. The Hall–Kier alpha value is -1.88. The van der Waals surface area contributed by atoms with E-state index in [0.29, 0.717) is 6.54 Å². The fourth-order valence-corrected chi connectivity index (χ4v) is 5.13. The fraction of sp³-hybridized carbons (Fsp3) is 0.519. The zero-order valence-electron chi connectivity index (χ0n) is 19.2. The summed E-state index contributed by atoms with van der Waals surface area (Å²) in [5.74, 6) is 1.07. The Balaban J connectivity index is 1.26. The Labute approximate surface area is 197 Å². The molecule has 2 aliphatic rings. The minimum absolute atomic E-state index is 0.0461. The summed E-state index contributed by atoms with van der Waals surface area (Å²) < 4.78 is 0. The van der Waals surface area contributed by atoms with Crippen LogP contribution in [0.2, 0.25) is 5.02 Å². The molecule has 4 nitrogen and oxygen atoms in total. The van der Waals surface area contributed by atoms with Crippen molar-refractivity contribution in [1.29, 1.82) is 0 Å². The van der Waals surface area contributed by atoms with E-state index in [2.05, 4.69) is 52.4 Å². The lowest BCUT2D eigenvalue weighted by atomic mass is 9.96. The van der Waals surface area contributed by atoms with E-state index in [9.17, 15) is 4.79 Å². The molecule has 2 fully saturated rings. The first kappa shape index (κ1) is 23.3. The van der Waals surface area contributed by atoms with E-state index in [1.54, 1.807) is 0 Å². The summed E-state index contributed by atoms with van der Waals surface area (Å²) in [4.78, 5) is 17.8. The van der Waals surface area contributed by atoms with E-state index in [1.165, 1.54) is 37.1 Å². The third-order valence-electron chi connectivity index (χ3n) is 6.97. The van der Waals surface area contributed by atoms with Gasteiger partial charge in [0.2, 0.25) is 5.91 Å². The zero-order valence-corrected chi connectivity index (χ0v) is 20.0. The number of piperidine rings is 2. The number of hydrogen-bond donors (Lipinski definition) is 1. The Bertz CT molecular complexity index is 894. The smallest absolute Gasteiger partial charge is 0.224 e. The van der Waals surface area contributed by atoms with Crippen LogP contribution in [0.3, 0.4) is 0 Å². The molecule has 1 N–H and O–H groups in total. The molecule has 2 heterocycles. The van der Waals surface area contributed by atoms with Crippen molar-refractivity contribution in [2.75, 3.05) is 26.2 Å². The molecule has 0 radical (unpaired) electrons. The van der Waals surface area contributed by atoms with Crippen LogP contribution < -0.4 is 5.32 Å². The number of nitrogens with one attached hydrogen (secondary N) is 1. The minimum Gasteiger partial charge on any atom is -0.352 e. The van der Waals surface area contributed by atoms with Gasteiger partial charge >= 0.3 is 0 Å². The number of halogens is 1. The van der Waals surface area contributed by atoms with Crippen molar-refractivity contribution in [3.05, 3.63) is 70.2 Å². The molecule has 172 valence electrons. The van der Waals surface area contributed by atoms with Gasteiger partial charge in [-0.3, -0.25) is 14.6 Å². The van der Waals surface area contributed by atoms with Crippen LogP contribution in [0.5, 0.6) is 0 Å². The first-order valence-electron chi connectivity index (χ1n) is 12.1. The van der Waals surface area contributed by atoms with Gasteiger partial charge in [-0.15, -0.1) is 0 Å². The van der Waals surface area contributed by atoms with Crippen molar-refractivity contribution in [3.8, 4) is 0 Å². The molecule has 0 bridgehead atoms. The number of rotatable bonds is 7. The monoisotopic (exact) mass is 453 g/mol. The molecule has 4 rings (SSSR count). The molecule has 2 aromatic rings. The molecular formula is C27H36ClN3O. The van der Waals surface area contributed by atoms with Crippen molar-refractivity contribution < 1.29 is 4.79 Å². The maximum atomic E-state index is 12.9. The van der Waals surface area contributed by atoms with Crippen LogP contribution in [0.1, 0.15) is 49.3 Å². The summed E-state index contributed by atoms with van der Waals surface area (Å²) in [5, 5.41) is 4.00. The molecule has 0 aromatic heterocycles. The van der Waals surface area contributed by atoms with Crippen LogP contribution in [0, 0.1) is 11.8 Å². The van der Waals surface area contributed by atoms with Crippen LogP contribution in [0.15, 0.2) is 48.5 Å². The molecule has 2 aromatic carbocycles. The van der Waals surface area contributed by atoms with Gasteiger partial charge in [-0.1, -0.05) is 61.0 Å². The summed E-state index contributed by atoms with van der Waals surface area (Å²) in [6, 6.07) is 16.7. The lowest BCUT2D eigenvalue weighted by Crippen LogP contribution is -2.42. The van der Waals surface area contributed by atoms with Gasteiger partial charge in [-0.25, -0.2) is 0 Å². The molecule has 2 saturated heterocycles. The first-order chi connectivity index (χ1) is 15.6. The second kappa shape index (κ2) is 11.3. The van der Waals surface area contributed by atoms with Crippen LogP contribution in [0.4, 0.5) is 0 Å². The van der Waals surface area contributed by atoms with E-state index >= 15 is 0 Å². The number of hydrogen-bond acceptors (Lipinski definition) is 3. The Morgan fingerprint density at radius 2 is 1.75 bits per heavy atom. The topological polar surface area (TPSA) is 35.6 Å². The van der Waals surface area contributed by atoms with E-state index in [4.69, 9.17) is 11.6 Å². The van der Waals surface area contributed by atoms with Gasteiger partial charge in [0, 0.05) is 31.2 Å². The average Bonchev–Trinajstić information content (AvgIpc) is 2.81. The van der Waals surface area contributed by atoms with Gasteiger partial charge in [0.25, 0.3) is 0 Å². The van der Waals surface area contributed by atoms with Gasteiger partial charge in [0.1, 0.15) is 0 Å². The number of amides is 1. The molecular weight excluding hydrogens is 418 g/mol. The van der Waals surface area contributed by atoms with Gasteiger partial charge in [0.15, 0.2) is 0 Å². The van der Waals surface area contributed by atoms with Gasteiger partial charge < -0.3 is 5.32 Å². The normalized spacial score (nSPS) is 20.9. The fourth-order valence-electron chi connectivity index (χ4n) is 4.93. The van der Waals surface area contributed by atoms with E-state index in [1.807, 2.05) is 18.2 Å². The van der Waals surface area contributed by atoms with Crippen molar-refractivity contribution in [1.82, 2.24) is 15.1 Å². The second-order valence-corrected chi connectivity index (χ2v) is 10.1. The van der Waals surface area contributed by atoms with Crippen molar-refractivity contribution >= 4 is 17.5 Å². The quantitative estimate of drug-likeness (QED) is 0.633. The van der Waals surface area contributed by atoms with Crippen molar-refractivity contribution in [2.24, 2.45) is 11.8 Å². The molecule has 0 saturated carbocycles. The predicted octanol–water partition coefficient (Wildman–Crippen LogP) is 5.10. The summed E-state index contributed by atoms with van der Waals surface area (Å²) in [7, 11) is 0. The summed E-state index contributed by atoms with van der Waals surface area (Å²) >= 11 is 6.33. The lowest BCUT2D eigenvalue weighted by Gasteiger charge is -2.32. The highest BCUT2D eigenvalue weighted by molar-refractivity contribution is 6.31. The molecule has 1 amide bonds. The highest BCUT2D eigenvalue weighted by Crippen LogP contribution is 2.23. The highest BCUT2D eigenvalue weighted by atomic mass is 35.5. The highest BCUT2D eigenvalue weighted by Gasteiger charge is 2.26. The number of benzene rings is 2. The third-order valence-corrected chi connectivity index (χ3v) is 7.34. The van der Waals surface area contributed by atoms with E-state index < -0.39 is 0 Å².